The number of methoxy groups -OCH3 is 1. The number of amides is 1. The minimum absolute atomic E-state index is 0.115. The predicted molar refractivity (Wildman–Crippen MR) is 79.9 cm³/mol. The molecule has 1 saturated heterocycles. The maximum atomic E-state index is 12.6. The second-order valence-corrected chi connectivity index (χ2v) is 5.76. The van der Waals surface area contributed by atoms with Crippen molar-refractivity contribution in [2.75, 3.05) is 26.8 Å². The molecule has 1 N–H and O–H groups in total. The van der Waals surface area contributed by atoms with Gasteiger partial charge in [0.2, 0.25) is 0 Å². The third-order valence-electron chi connectivity index (χ3n) is 4.27. The summed E-state index contributed by atoms with van der Waals surface area (Å²) in [5.74, 6) is -1.05. The van der Waals surface area contributed by atoms with Gasteiger partial charge in [0.05, 0.1) is 12.2 Å². The van der Waals surface area contributed by atoms with Crippen LogP contribution in [0.15, 0.2) is 36.7 Å². The van der Waals surface area contributed by atoms with E-state index in [-0.39, 0.29) is 19.1 Å². The number of carboxylic acids is 1. The summed E-state index contributed by atoms with van der Waals surface area (Å²) >= 11 is 0. The van der Waals surface area contributed by atoms with Crippen LogP contribution in [0.2, 0.25) is 0 Å². The highest BCUT2D eigenvalue weighted by Gasteiger charge is 2.46. The van der Waals surface area contributed by atoms with Crippen LogP contribution in [-0.2, 0) is 9.53 Å². The van der Waals surface area contributed by atoms with Crippen LogP contribution < -0.4 is 0 Å². The molecule has 6 heteroatoms. The number of aliphatic carboxylic acids is 1. The number of fused-ring (bicyclic) bond motifs is 1. The van der Waals surface area contributed by atoms with Crippen molar-refractivity contribution in [2.24, 2.45) is 5.41 Å². The average Bonchev–Trinajstić information content (AvgIpc) is 3.11. The first-order valence-corrected chi connectivity index (χ1v) is 7.14. The molecule has 0 radical (unpaired) electrons. The molecule has 1 fully saturated rings. The first kappa shape index (κ1) is 14.6. The van der Waals surface area contributed by atoms with Gasteiger partial charge < -0.3 is 19.1 Å². The second kappa shape index (κ2) is 5.46. The highest BCUT2D eigenvalue weighted by molar-refractivity contribution is 5.96. The number of carbonyl (C=O) groups is 2. The Kier molecular flexibility index (Phi) is 3.62. The molecule has 1 amide bonds. The van der Waals surface area contributed by atoms with Crippen LogP contribution >= 0.6 is 0 Å². The molecule has 0 saturated carbocycles. The zero-order valence-electron chi connectivity index (χ0n) is 12.4. The first-order chi connectivity index (χ1) is 10.6. The van der Waals surface area contributed by atoms with Crippen LogP contribution in [0.3, 0.4) is 0 Å². The summed E-state index contributed by atoms with van der Waals surface area (Å²) in [6.07, 6.45) is 4.06. The van der Waals surface area contributed by atoms with E-state index in [2.05, 4.69) is 0 Å². The van der Waals surface area contributed by atoms with Gasteiger partial charge in [0.25, 0.3) is 5.91 Å². The Hall–Kier alpha value is -2.34. The van der Waals surface area contributed by atoms with Crippen molar-refractivity contribution in [3.63, 3.8) is 0 Å². The van der Waals surface area contributed by atoms with Crippen molar-refractivity contribution >= 4 is 17.4 Å². The van der Waals surface area contributed by atoms with E-state index in [1.807, 2.05) is 34.9 Å². The van der Waals surface area contributed by atoms with Gasteiger partial charge in [-0.25, -0.2) is 0 Å². The zero-order chi connectivity index (χ0) is 15.7. The first-order valence-electron chi connectivity index (χ1n) is 7.14. The third-order valence-corrected chi connectivity index (χ3v) is 4.27. The van der Waals surface area contributed by atoms with Crippen molar-refractivity contribution in [1.82, 2.24) is 9.30 Å². The van der Waals surface area contributed by atoms with Gasteiger partial charge in [0.1, 0.15) is 5.41 Å². The van der Waals surface area contributed by atoms with E-state index >= 15 is 0 Å². The van der Waals surface area contributed by atoms with Gasteiger partial charge >= 0.3 is 5.97 Å². The minimum atomic E-state index is -0.996. The summed E-state index contributed by atoms with van der Waals surface area (Å²) in [6.45, 7) is 0.728. The molecule has 3 rings (SSSR count). The van der Waals surface area contributed by atoms with Crippen molar-refractivity contribution in [3.05, 3.63) is 42.2 Å². The zero-order valence-corrected chi connectivity index (χ0v) is 12.4. The summed E-state index contributed by atoms with van der Waals surface area (Å²) in [5.41, 5.74) is 0.514. The Morgan fingerprint density at radius 2 is 2.23 bits per heavy atom. The molecule has 1 aliphatic rings. The van der Waals surface area contributed by atoms with Gasteiger partial charge in [-0.05, 0) is 24.6 Å². The molecule has 6 nitrogen and oxygen atoms in total. The summed E-state index contributed by atoms with van der Waals surface area (Å²) < 4.78 is 6.93. The van der Waals surface area contributed by atoms with E-state index in [0.29, 0.717) is 18.5 Å². The Balaban J connectivity index is 1.82. The van der Waals surface area contributed by atoms with Crippen molar-refractivity contribution in [1.29, 1.82) is 0 Å². The lowest BCUT2D eigenvalue weighted by Crippen LogP contribution is -2.40. The smallest absolute Gasteiger partial charge is 0.313 e. The number of carbonyl (C=O) groups excluding carboxylic acids is 1. The van der Waals surface area contributed by atoms with Gasteiger partial charge in [0, 0.05) is 38.1 Å². The number of likely N-dealkylation sites (tertiary alicyclic amines) is 1. The number of rotatable bonds is 4. The Bertz CT molecular complexity index is 691. The molecule has 0 aliphatic carbocycles. The highest BCUT2D eigenvalue weighted by atomic mass is 16.5. The monoisotopic (exact) mass is 302 g/mol. The van der Waals surface area contributed by atoms with Crippen LogP contribution in [0.25, 0.3) is 5.52 Å². The van der Waals surface area contributed by atoms with E-state index in [0.717, 1.165) is 5.52 Å². The Labute approximate surface area is 127 Å². The molecule has 1 aliphatic heterocycles. The van der Waals surface area contributed by atoms with Gasteiger partial charge in [-0.1, -0.05) is 6.07 Å². The number of pyridine rings is 1. The topological polar surface area (TPSA) is 71.2 Å². The molecular weight excluding hydrogens is 284 g/mol. The molecule has 0 bridgehead atoms. The lowest BCUT2D eigenvalue weighted by atomic mass is 9.88. The fourth-order valence-corrected chi connectivity index (χ4v) is 3.03. The summed E-state index contributed by atoms with van der Waals surface area (Å²) in [6, 6.07) is 7.55. The molecule has 2 aromatic rings. The van der Waals surface area contributed by atoms with Crippen LogP contribution in [0.1, 0.15) is 16.8 Å². The lowest BCUT2D eigenvalue weighted by Gasteiger charge is -2.23. The van der Waals surface area contributed by atoms with E-state index in [4.69, 9.17) is 4.74 Å². The standard InChI is InChI=1S/C16H18N2O4/c1-22-11-16(15(20)21)5-7-18(10-16)14(19)12-8-13-4-2-3-6-17(13)9-12/h2-4,6,8-9H,5,7,10-11H2,1H3,(H,20,21). The van der Waals surface area contributed by atoms with Crippen molar-refractivity contribution in [3.8, 4) is 0 Å². The van der Waals surface area contributed by atoms with E-state index in [1.54, 1.807) is 11.1 Å². The molecular formula is C16H18N2O4. The van der Waals surface area contributed by atoms with Gasteiger partial charge in [-0.15, -0.1) is 0 Å². The fourth-order valence-electron chi connectivity index (χ4n) is 3.03. The largest absolute Gasteiger partial charge is 0.481 e. The van der Waals surface area contributed by atoms with Crippen LogP contribution in [0.5, 0.6) is 0 Å². The number of aromatic nitrogens is 1. The van der Waals surface area contributed by atoms with Gasteiger partial charge in [-0.2, -0.15) is 0 Å². The normalized spacial score (nSPS) is 21.4. The van der Waals surface area contributed by atoms with E-state index < -0.39 is 11.4 Å². The van der Waals surface area contributed by atoms with Crippen LogP contribution in [-0.4, -0.2) is 53.1 Å². The van der Waals surface area contributed by atoms with E-state index in [1.165, 1.54) is 7.11 Å². The fraction of sp³-hybridized carbons (Fsp3) is 0.375. The average molecular weight is 302 g/mol. The SMILES string of the molecule is COCC1(C(=O)O)CCN(C(=O)c2cc3ccccn3c2)C1. The molecule has 1 atom stereocenters. The third kappa shape index (κ3) is 2.35. The summed E-state index contributed by atoms with van der Waals surface area (Å²) in [5, 5.41) is 9.46. The summed E-state index contributed by atoms with van der Waals surface area (Å²) in [4.78, 5) is 25.7. The maximum absolute atomic E-state index is 12.6. The maximum Gasteiger partial charge on any atom is 0.313 e. The molecule has 0 spiro atoms. The van der Waals surface area contributed by atoms with Crippen LogP contribution in [0.4, 0.5) is 0 Å². The van der Waals surface area contributed by atoms with Crippen molar-refractivity contribution < 1.29 is 19.4 Å². The number of ether oxygens (including phenoxy) is 1. The number of hydrogen-bond donors (Lipinski definition) is 1. The Morgan fingerprint density at radius 3 is 2.91 bits per heavy atom. The molecule has 3 heterocycles. The second-order valence-electron chi connectivity index (χ2n) is 5.76. The Morgan fingerprint density at radius 1 is 1.41 bits per heavy atom. The molecule has 116 valence electrons. The van der Waals surface area contributed by atoms with Gasteiger partial charge in [-0.3, -0.25) is 9.59 Å². The minimum Gasteiger partial charge on any atom is -0.481 e. The number of hydrogen-bond acceptors (Lipinski definition) is 3. The van der Waals surface area contributed by atoms with E-state index in [9.17, 15) is 14.7 Å². The quantitative estimate of drug-likeness (QED) is 0.929. The number of carboxylic acid groups (broad SMARTS) is 1. The molecule has 22 heavy (non-hydrogen) atoms. The number of nitrogens with zero attached hydrogens (tertiary/aromatic N) is 2. The van der Waals surface area contributed by atoms with Crippen molar-refractivity contribution in [2.45, 2.75) is 6.42 Å². The summed E-state index contributed by atoms with van der Waals surface area (Å²) in [7, 11) is 1.48. The highest BCUT2D eigenvalue weighted by Crippen LogP contribution is 2.32. The molecule has 2 aromatic heterocycles. The molecule has 0 aromatic carbocycles. The van der Waals surface area contributed by atoms with Crippen LogP contribution in [0, 0.1) is 5.41 Å². The lowest BCUT2D eigenvalue weighted by molar-refractivity contribution is -0.151. The van der Waals surface area contributed by atoms with Gasteiger partial charge in [0.15, 0.2) is 0 Å². The predicted octanol–water partition coefficient (Wildman–Crippen LogP) is 1.50. The molecule has 1 unspecified atom stereocenters.